The van der Waals surface area contributed by atoms with Gasteiger partial charge in [-0.1, -0.05) is 12.1 Å². The van der Waals surface area contributed by atoms with Crippen LogP contribution >= 0.6 is 0 Å². The Balaban J connectivity index is 1.91. The summed E-state index contributed by atoms with van der Waals surface area (Å²) in [6.45, 7) is 2.16. The van der Waals surface area contributed by atoms with E-state index in [0.717, 1.165) is 22.2 Å². The van der Waals surface area contributed by atoms with Gasteiger partial charge < -0.3 is 10.3 Å². The van der Waals surface area contributed by atoms with Crippen LogP contribution in [0.4, 0.5) is 13.2 Å². The number of hydrogen-bond donors (Lipinski definition) is 2. The standard InChI is InChI=1S/C18H15F3N2/c1-9-2-4-12(16(21)15(9)20)17-18-11(6-7-22-17)13-8-10(19)3-5-14(13)23-18/h2-5,8,17,22-23H,6-7H2,1H3. The van der Waals surface area contributed by atoms with Crippen molar-refractivity contribution in [3.8, 4) is 0 Å². The molecule has 2 heterocycles. The summed E-state index contributed by atoms with van der Waals surface area (Å²) in [5.74, 6) is -1.96. The van der Waals surface area contributed by atoms with Crippen LogP contribution in [0.25, 0.3) is 10.9 Å². The second-order valence-electron chi connectivity index (χ2n) is 5.94. The predicted molar refractivity (Wildman–Crippen MR) is 82.9 cm³/mol. The minimum atomic E-state index is -0.833. The zero-order valence-electron chi connectivity index (χ0n) is 12.5. The third kappa shape index (κ3) is 2.15. The first-order chi connectivity index (χ1) is 11.1. The molecule has 118 valence electrons. The number of aromatic nitrogens is 1. The van der Waals surface area contributed by atoms with E-state index in [1.54, 1.807) is 18.2 Å². The molecule has 0 saturated heterocycles. The van der Waals surface area contributed by atoms with E-state index < -0.39 is 17.7 Å². The zero-order valence-corrected chi connectivity index (χ0v) is 12.5. The van der Waals surface area contributed by atoms with Crippen molar-refractivity contribution in [1.29, 1.82) is 0 Å². The molecule has 5 heteroatoms. The summed E-state index contributed by atoms with van der Waals surface area (Å²) in [7, 11) is 0. The molecule has 1 unspecified atom stereocenters. The molecule has 0 amide bonds. The molecule has 23 heavy (non-hydrogen) atoms. The highest BCUT2D eigenvalue weighted by molar-refractivity contribution is 5.85. The SMILES string of the molecule is Cc1ccc(C2NCCc3c2[nH]c2ccc(F)cc32)c(F)c1F. The Morgan fingerprint density at radius 1 is 1.04 bits per heavy atom. The Morgan fingerprint density at radius 3 is 2.70 bits per heavy atom. The average Bonchev–Trinajstić information content (AvgIpc) is 2.91. The first-order valence-electron chi connectivity index (χ1n) is 7.54. The summed E-state index contributed by atoms with van der Waals surface area (Å²) in [6, 6.07) is 7.26. The first kappa shape index (κ1) is 14.3. The van der Waals surface area contributed by atoms with Crippen LogP contribution in [0.3, 0.4) is 0 Å². The van der Waals surface area contributed by atoms with Crippen LogP contribution in [-0.4, -0.2) is 11.5 Å². The van der Waals surface area contributed by atoms with E-state index in [1.165, 1.54) is 19.1 Å². The first-order valence-corrected chi connectivity index (χ1v) is 7.54. The predicted octanol–water partition coefficient (Wildman–Crippen LogP) is 4.13. The molecule has 0 fully saturated rings. The van der Waals surface area contributed by atoms with Gasteiger partial charge in [0.2, 0.25) is 0 Å². The lowest BCUT2D eigenvalue weighted by Crippen LogP contribution is -2.31. The van der Waals surface area contributed by atoms with Crippen LogP contribution in [0, 0.1) is 24.4 Å². The summed E-state index contributed by atoms with van der Waals surface area (Å²) in [5, 5.41) is 4.03. The zero-order chi connectivity index (χ0) is 16.1. The van der Waals surface area contributed by atoms with Gasteiger partial charge in [0.05, 0.1) is 6.04 Å². The van der Waals surface area contributed by atoms with Gasteiger partial charge >= 0.3 is 0 Å². The highest BCUT2D eigenvalue weighted by Crippen LogP contribution is 2.35. The Morgan fingerprint density at radius 2 is 1.87 bits per heavy atom. The minimum absolute atomic E-state index is 0.265. The van der Waals surface area contributed by atoms with Gasteiger partial charge in [0.15, 0.2) is 11.6 Å². The lowest BCUT2D eigenvalue weighted by Gasteiger charge is -2.25. The fraction of sp³-hybridized carbons (Fsp3) is 0.222. The Kier molecular flexibility index (Phi) is 3.20. The maximum atomic E-state index is 14.4. The van der Waals surface area contributed by atoms with E-state index in [4.69, 9.17) is 0 Å². The molecule has 2 N–H and O–H groups in total. The van der Waals surface area contributed by atoms with E-state index in [9.17, 15) is 13.2 Å². The lowest BCUT2D eigenvalue weighted by atomic mass is 9.93. The van der Waals surface area contributed by atoms with Crippen LogP contribution in [0.5, 0.6) is 0 Å². The second kappa shape index (κ2) is 5.13. The number of hydrogen-bond acceptors (Lipinski definition) is 1. The molecule has 3 aromatic rings. The van der Waals surface area contributed by atoms with Gasteiger partial charge in [-0.2, -0.15) is 0 Å². The molecule has 2 nitrogen and oxygen atoms in total. The Hall–Kier alpha value is -2.27. The lowest BCUT2D eigenvalue weighted by molar-refractivity contribution is 0.468. The fourth-order valence-electron chi connectivity index (χ4n) is 3.35. The van der Waals surface area contributed by atoms with Crippen molar-refractivity contribution in [3.63, 3.8) is 0 Å². The molecule has 1 aliphatic rings. The maximum Gasteiger partial charge on any atom is 0.164 e. The summed E-state index contributed by atoms with van der Waals surface area (Å²) in [5.41, 5.74) is 3.09. The number of halogens is 3. The van der Waals surface area contributed by atoms with Crippen molar-refractivity contribution in [2.24, 2.45) is 0 Å². The molecule has 0 aliphatic carbocycles. The topological polar surface area (TPSA) is 27.8 Å². The van der Waals surface area contributed by atoms with Crippen molar-refractivity contribution in [3.05, 3.63) is 70.2 Å². The highest BCUT2D eigenvalue weighted by atomic mass is 19.2. The van der Waals surface area contributed by atoms with Gasteiger partial charge in [-0.05, 0) is 42.7 Å². The van der Waals surface area contributed by atoms with Crippen LogP contribution in [0.15, 0.2) is 30.3 Å². The fourth-order valence-corrected chi connectivity index (χ4v) is 3.35. The van der Waals surface area contributed by atoms with Crippen molar-refractivity contribution < 1.29 is 13.2 Å². The number of rotatable bonds is 1. The second-order valence-corrected chi connectivity index (χ2v) is 5.94. The summed E-state index contributed by atoms with van der Waals surface area (Å²) >= 11 is 0. The number of H-pyrrole nitrogens is 1. The summed E-state index contributed by atoms with van der Waals surface area (Å²) in [6.07, 6.45) is 0.714. The number of nitrogens with one attached hydrogen (secondary N) is 2. The minimum Gasteiger partial charge on any atom is -0.357 e. The number of aryl methyl sites for hydroxylation is 1. The van der Waals surface area contributed by atoms with Crippen molar-refractivity contribution in [2.75, 3.05) is 6.54 Å². The van der Waals surface area contributed by atoms with E-state index in [2.05, 4.69) is 10.3 Å². The molecule has 1 atom stereocenters. The molecular weight excluding hydrogens is 301 g/mol. The Bertz CT molecular complexity index is 914. The average molecular weight is 316 g/mol. The molecule has 1 aliphatic heterocycles. The van der Waals surface area contributed by atoms with Gasteiger partial charge in [0.1, 0.15) is 5.82 Å². The number of aromatic amines is 1. The molecule has 0 bridgehead atoms. The Labute approximate surface area is 131 Å². The number of fused-ring (bicyclic) bond motifs is 3. The monoisotopic (exact) mass is 316 g/mol. The quantitative estimate of drug-likeness (QED) is 0.694. The van der Waals surface area contributed by atoms with Crippen molar-refractivity contribution >= 4 is 10.9 Å². The van der Waals surface area contributed by atoms with Crippen LogP contribution < -0.4 is 5.32 Å². The van der Waals surface area contributed by atoms with Gasteiger partial charge in [-0.25, -0.2) is 13.2 Å². The molecule has 0 spiro atoms. The largest absolute Gasteiger partial charge is 0.357 e. The molecule has 0 saturated carbocycles. The summed E-state index contributed by atoms with van der Waals surface area (Å²) < 4.78 is 41.8. The molecule has 2 aromatic carbocycles. The molecule has 0 radical (unpaired) electrons. The van der Waals surface area contributed by atoms with E-state index in [-0.39, 0.29) is 16.9 Å². The van der Waals surface area contributed by atoms with E-state index in [1.807, 2.05) is 0 Å². The molecule has 4 rings (SSSR count). The van der Waals surface area contributed by atoms with Crippen molar-refractivity contribution in [1.82, 2.24) is 10.3 Å². The van der Waals surface area contributed by atoms with Gasteiger partial charge in [-0.15, -0.1) is 0 Å². The van der Waals surface area contributed by atoms with Gasteiger partial charge in [0.25, 0.3) is 0 Å². The molecule has 1 aromatic heterocycles. The van der Waals surface area contributed by atoms with E-state index in [0.29, 0.717) is 13.0 Å². The third-order valence-electron chi connectivity index (χ3n) is 4.53. The number of benzene rings is 2. The van der Waals surface area contributed by atoms with Gasteiger partial charge in [-0.3, -0.25) is 0 Å². The summed E-state index contributed by atoms with van der Waals surface area (Å²) in [4.78, 5) is 3.23. The van der Waals surface area contributed by atoms with Crippen LogP contribution in [-0.2, 0) is 6.42 Å². The van der Waals surface area contributed by atoms with Gasteiger partial charge in [0, 0.05) is 28.7 Å². The van der Waals surface area contributed by atoms with Crippen molar-refractivity contribution in [2.45, 2.75) is 19.4 Å². The smallest absolute Gasteiger partial charge is 0.164 e. The third-order valence-corrected chi connectivity index (χ3v) is 4.53. The highest BCUT2D eigenvalue weighted by Gasteiger charge is 2.28. The van der Waals surface area contributed by atoms with Crippen LogP contribution in [0.1, 0.15) is 28.4 Å². The van der Waals surface area contributed by atoms with Crippen LogP contribution in [0.2, 0.25) is 0 Å². The molecular formula is C18H15F3N2. The maximum absolute atomic E-state index is 14.4. The normalized spacial score (nSPS) is 17.5. The van der Waals surface area contributed by atoms with E-state index >= 15 is 0 Å².